The van der Waals surface area contributed by atoms with Gasteiger partial charge in [0.1, 0.15) is 11.6 Å². The number of carbonyl (C=O) groups excluding carboxylic acids is 1. The SMILES string of the molecule is CCCCCn1c(CCC(=O)Nc2cccc(C)n2)nc2c1c(=O)[nH]c(=O)n2CCCC. The first-order valence-corrected chi connectivity index (χ1v) is 11.4. The van der Waals surface area contributed by atoms with Crippen molar-refractivity contribution < 1.29 is 4.79 Å². The van der Waals surface area contributed by atoms with Crippen LogP contribution in [-0.2, 0) is 24.3 Å². The van der Waals surface area contributed by atoms with Gasteiger partial charge in [-0.1, -0.05) is 39.2 Å². The smallest absolute Gasteiger partial charge is 0.322 e. The van der Waals surface area contributed by atoms with Crippen molar-refractivity contribution in [2.45, 2.75) is 78.8 Å². The minimum Gasteiger partial charge on any atom is -0.322 e. The molecule has 0 fully saturated rings. The van der Waals surface area contributed by atoms with E-state index in [2.05, 4.69) is 27.2 Å². The number of aromatic amines is 1. The van der Waals surface area contributed by atoms with E-state index in [1.54, 1.807) is 6.07 Å². The van der Waals surface area contributed by atoms with Crippen molar-refractivity contribution in [3.8, 4) is 0 Å². The van der Waals surface area contributed by atoms with E-state index in [9.17, 15) is 14.4 Å². The summed E-state index contributed by atoms with van der Waals surface area (Å²) in [7, 11) is 0. The summed E-state index contributed by atoms with van der Waals surface area (Å²) in [4.78, 5) is 49.0. The van der Waals surface area contributed by atoms with Crippen LogP contribution in [0, 0.1) is 6.92 Å². The summed E-state index contributed by atoms with van der Waals surface area (Å²) in [6.45, 7) is 7.14. The molecule has 0 unspecified atom stereocenters. The quantitative estimate of drug-likeness (QED) is 0.445. The van der Waals surface area contributed by atoms with Gasteiger partial charge < -0.3 is 9.88 Å². The van der Waals surface area contributed by atoms with Gasteiger partial charge in [-0.25, -0.2) is 14.8 Å². The molecule has 0 aromatic carbocycles. The van der Waals surface area contributed by atoms with Crippen LogP contribution in [0.25, 0.3) is 11.2 Å². The molecular weight excluding hydrogens is 408 g/mol. The summed E-state index contributed by atoms with van der Waals surface area (Å²) in [5.41, 5.74) is 0.766. The first-order valence-electron chi connectivity index (χ1n) is 11.4. The Bertz CT molecular complexity index is 1190. The minimum absolute atomic E-state index is 0.174. The molecule has 0 saturated heterocycles. The Morgan fingerprint density at radius 2 is 1.78 bits per heavy atom. The number of nitrogens with zero attached hydrogens (tertiary/aromatic N) is 4. The van der Waals surface area contributed by atoms with Gasteiger partial charge in [-0.05, 0) is 31.9 Å². The number of nitrogens with one attached hydrogen (secondary N) is 2. The number of hydrogen-bond donors (Lipinski definition) is 2. The number of imidazole rings is 1. The number of pyridine rings is 1. The average Bonchev–Trinajstić information content (AvgIpc) is 3.11. The van der Waals surface area contributed by atoms with Gasteiger partial charge in [-0.15, -0.1) is 0 Å². The Morgan fingerprint density at radius 1 is 1.03 bits per heavy atom. The first-order chi connectivity index (χ1) is 15.4. The van der Waals surface area contributed by atoms with Crippen LogP contribution in [0.2, 0.25) is 0 Å². The molecule has 1 amide bonds. The number of anilines is 1. The van der Waals surface area contributed by atoms with Crippen molar-refractivity contribution in [3.05, 3.63) is 50.6 Å². The molecule has 3 heterocycles. The predicted molar refractivity (Wildman–Crippen MR) is 125 cm³/mol. The normalized spacial score (nSPS) is 11.2. The van der Waals surface area contributed by atoms with Crippen molar-refractivity contribution in [2.24, 2.45) is 0 Å². The maximum absolute atomic E-state index is 12.7. The molecule has 0 spiro atoms. The molecular formula is C23H32N6O3. The van der Waals surface area contributed by atoms with Crippen LogP contribution in [-0.4, -0.2) is 30.0 Å². The molecule has 3 aromatic heterocycles. The Balaban J connectivity index is 1.90. The lowest BCUT2D eigenvalue weighted by Gasteiger charge is -2.09. The average molecular weight is 441 g/mol. The molecule has 0 radical (unpaired) electrons. The number of hydrogen-bond acceptors (Lipinski definition) is 5. The maximum atomic E-state index is 12.7. The standard InChI is InChI=1S/C23H32N6O3/c1-4-6-8-15-28-18(12-13-19(30)25-17-11-9-10-16(3)24-17)26-21-20(28)22(31)27-23(32)29(21)14-7-5-2/h9-11H,4-8,12-15H2,1-3H3,(H,24,25,30)(H,27,31,32). The monoisotopic (exact) mass is 440 g/mol. The van der Waals surface area contributed by atoms with E-state index < -0.39 is 11.2 Å². The van der Waals surface area contributed by atoms with E-state index in [1.807, 2.05) is 30.5 Å². The van der Waals surface area contributed by atoms with E-state index in [0.717, 1.165) is 37.8 Å². The molecule has 0 saturated carbocycles. The molecule has 0 aliphatic carbocycles. The van der Waals surface area contributed by atoms with E-state index in [0.29, 0.717) is 42.3 Å². The topological polar surface area (TPSA) is 115 Å². The highest BCUT2D eigenvalue weighted by Crippen LogP contribution is 2.16. The molecule has 9 nitrogen and oxygen atoms in total. The van der Waals surface area contributed by atoms with Gasteiger partial charge in [0.05, 0.1) is 0 Å². The molecule has 0 atom stereocenters. The van der Waals surface area contributed by atoms with Crippen LogP contribution < -0.4 is 16.6 Å². The molecule has 172 valence electrons. The number of rotatable bonds is 11. The number of aromatic nitrogens is 5. The zero-order chi connectivity index (χ0) is 23.1. The fourth-order valence-corrected chi connectivity index (χ4v) is 3.74. The van der Waals surface area contributed by atoms with E-state index in [-0.39, 0.29) is 12.3 Å². The second-order valence-electron chi connectivity index (χ2n) is 8.04. The molecule has 0 aliphatic heterocycles. The van der Waals surface area contributed by atoms with Crippen LogP contribution in [0.1, 0.15) is 63.9 Å². The van der Waals surface area contributed by atoms with Crippen molar-refractivity contribution in [1.29, 1.82) is 0 Å². The number of aryl methyl sites for hydroxylation is 4. The highest BCUT2D eigenvalue weighted by Gasteiger charge is 2.19. The summed E-state index contributed by atoms with van der Waals surface area (Å²) >= 11 is 0. The van der Waals surface area contributed by atoms with Gasteiger partial charge in [0.2, 0.25) is 5.91 Å². The van der Waals surface area contributed by atoms with Crippen molar-refractivity contribution in [2.75, 3.05) is 5.32 Å². The molecule has 9 heteroatoms. The Labute approximate surface area is 186 Å². The Morgan fingerprint density at radius 3 is 2.50 bits per heavy atom. The third kappa shape index (κ3) is 5.52. The number of unbranched alkanes of at least 4 members (excludes halogenated alkanes) is 3. The molecule has 0 bridgehead atoms. The maximum Gasteiger partial charge on any atom is 0.330 e. The van der Waals surface area contributed by atoms with Crippen LogP contribution in [0.4, 0.5) is 5.82 Å². The van der Waals surface area contributed by atoms with Crippen LogP contribution in [0.5, 0.6) is 0 Å². The number of carbonyl (C=O) groups is 1. The number of amides is 1. The molecule has 32 heavy (non-hydrogen) atoms. The summed E-state index contributed by atoms with van der Waals surface area (Å²) in [5, 5.41) is 2.81. The fourth-order valence-electron chi connectivity index (χ4n) is 3.74. The first kappa shape index (κ1) is 23.4. The third-order valence-corrected chi connectivity index (χ3v) is 5.42. The van der Waals surface area contributed by atoms with Gasteiger partial charge in [-0.2, -0.15) is 0 Å². The van der Waals surface area contributed by atoms with Crippen LogP contribution in [0.3, 0.4) is 0 Å². The minimum atomic E-state index is -0.441. The summed E-state index contributed by atoms with van der Waals surface area (Å²) in [5.74, 6) is 0.980. The molecule has 2 N–H and O–H groups in total. The summed E-state index contributed by atoms with van der Waals surface area (Å²) < 4.78 is 3.42. The van der Waals surface area contributed by atoms with Gasteiger partial charge in [0.25, 0.3) is 5.56 Å². The zero-order valence-corrected chi connectivity index (χ0v) is 19.1. The number of H-pyrrole nitrogens is 1. The van der Waals surface area contributed by atoms with E-state index in [4.69, 9.17) is 0 Å². The van der Waals surface area contributed by atoms with Gasteiger partial charge >= 0.3 is 5.69 Å². The van der Waals surface area contributed by atoms with Crippen LogP contribution in [0.15, 0.2) is 27.8 Å². The molecule has 0 aliphatic rings. The van der Waals surface area contributed by atoms with Gasteiger partial charge in [0.15, 0.2) is 11.2 Å². The highest BCUT2D eigenvalue weighted by molar-refractivity contribution is 5.89. The highest BCUT2D eigenvalue weighted by atomic mass is 16.2. The third-order valence-electron chi connectivity index (χ3n) is 5.42. The van der Waals surface area contributed by atoms with E-state index >= 15 is 0 Å². The predicted octanol–water partition coefficient (Wildman–Crippen LogP) is 3.15. The summed E-state index contributed by atoms with van der Waals surface area (Å²) in [6, 6.07) is 5.45. The zero-order valence-electron chi connectivity index (χ0n) is 19.1. The Kier molecular flexibility index (Phi) is 7.97. The Hall–Kier alpha value is -3.23. The molecule has 3 aromatic rings. The fraction of sp³-hybridized carbons (Fsp3) is 0.522. The second kappa shape index (κ2) is 10.9. The number of fused-ring (bicyclic) bond motifs is 1. The second-order valence-corrected chi connectivity index (χ2v) is 8.04. The summed E-state index contributed by atoms with van der Waals surface area (Å²) in [6.07, 6.45) is 5.25. The van der Waals surface area contributed by atoms with E-state index in [1.165, 1.54) is 4.57 Å². The lowest BCUT2D eigenvalue weighted by Crippen LogP contribution is -2.31. The van der Waals surface area contributed by atoms with Crippen molar-refractivity contribution >= 4 is 22.9 Å². The van der Waals surface area contributed by atoms with Crippen molar-refractivity contribution in [3.63, 3.8) is 0 Å². The lowest BCUT2D eigenvalue weighted by molar-refractivity contribution is -0.116. The van der Waals surface area contributed by atoms with Gasteiger partial charge in [0, 0.05) is 31.6 Å². The van der Waals surface area contributed by atoms with Crippen molar-refractivity contribution in [1.82, 2.24) is 24.1 Å². The lowest BCUT2D eigenvalue weighted by atomic mass is 10.2. The van der Waals surface area contributed by atoms with Crippen LogP contribution >= 0.6 is 0 Å². The largest absolute Gasteiger partial charge is 0.330 e. The van der Waals surface area contributed by atoms with Gasteiger partial charge in [-0.3, -0.25) is 19.1 Å². The molecule has 3 rings (SSSR count).